The van der Waals surface area contributed by atoms with Crippen LogP contribution in [0.5, 0.6) is 0 Å². The van der Waals surface area contributed by atoms with E-state index in [1.165, 1.54) is 21.8 Å². The van der Waals surface area contributed by atoms with Gasteiger partial charge in [-0.25, -0.2) is 18.2 Å². The Hall–Kier alpha value is -2.04. The van der Waals surface area contributed by atoms with Gasteiger partial charge in [0.1, 0.15) is 4.90 Å². The normalized spacial score (nSPS) is 18.2. The van der Waals surface area contributed by atoms with Gasteiger partial charge in [0.15, 0.2) is 5.13 Å². The van der Waals surface area contributed by atoms with Crippen LogP contribution in [0.25, 0.3) is 0 Å². The maximum Gasteiger partial charge on any atom is 0.321 e. The highest BCUT2D eigenvalue weighted by atomic mass is 32.2. The molecule has 2 N–H and O–H groups in total. The predicted octanol–water partition coefficient (Wildman–Crippen LogP) is 2.35. The molecule has 0 radical (unpaired) electrons. The lowest BCUT2D eigenvalue weighted by Gasteiger charge is -2.25. The third-order valence-corrected chi connectivity index (χ3v) is 7.71. The number of rotatable bonds is 4. The standard InChI is InChI=1S/C17H21N5O3S2/c23-16(19-12-4-1-2-5-12)21-17-20-14-7-9-22(11-15(14)26-17)27(24,25)13-6-3-8-18-10-13/h3,6,8,10,12H,1-2,4-5,7,9,11H2,(H2,19,20,21,23). The van der Waals surface area contributed by atoms with Gasteiger partial charge in [-0.3, -0.25) is 10.3 Å². The minimum Gasteiger partial charge on any atom is -0.335 e. The van der Waals surface area contributed by atoms with Crippen molar-refractivity contribution in [2.75, 3.05) is 11.9 Å². The van der Waals surface area contributed by atoms with Crippen LogP contribution in [0.4, 0.5) is 9.93 Å². The third-order valence-electron chi connectivity index (χ3n) is 4.88. The Morgan fingerprint density at radius 1 is 1.30 bits per heavy atom. The molecule has 0 bridgehead atoms. The molecule has 4 rings (SSSR count). The van der Waals surface area contributed by atoms with Crippen LogP contribution in [0.15, 0.2) is 29.4 Å². The van der Waals surface area contributed by atoms with E-state index >= 15 is 0 Å². The Morgan fingerprint density at radius 2 is 2.11 bits per heavy atom. The number of carbonyl (C=O) groups excluding carboxylic acids is 1. The lowest BCUT2D eigenvalue weighted by molar-refractivity contribution is 0.248. The van der Waals surface area contributed by atoms with Crippen molar-refractivity contribution in [2.24, 2.45) is 0 Å². The predicted molar refractivity (Wildman–Crippen MR) is 102 cm³/mol. The van der Waals surface area contributed by atoms with Gasteiger partial charge in [0, 0.05) is 36.3 Å². The molecule has 0 saturated heterocycles. The first-order valence-electron chi connectivity index (χ1n) is 8.98. The Labute approximate surface area is 162 Å². The number of thiazole rings is 1. The van der Waals surface area contributed by atoms with E-state index in [9.17, 15) is 13.2 Å². The average Bonchev–Trinajstić information content (AvgIpc) is 3.30. The van der Waals surface area contributed by atoms with Crippen molar-refractivity contribution in [3.63, 3.8) is 0 Å². The lowest BCUT2D eigenvalue weighted by Crippen LogP contribution is -2.36. The van der Waals surface area contributed by atoms with E-state index in [2.05, 4.69) is 20.6 Å². The molecule has 2 aromatic rings. The number of hydrogen-bond donors (Lipinski definition) is 2. The number of amides is 2. The summed E-state index contributed by atoms with van der Waals surface area (Å²) in [6.45, 7) is 0.623. The summed E-state index contributed by atoms with van der Waals surface area (Å²) in [5.74, 6) is 0. The van der Waals surface area contributed by atoms with Gasteiger partial charge in [-0.15, -0.1) is 0 Å². The average molecular weight is 408 g/mol. The number of hydrogen-bond acceptors (Lipinski definition) is 6. The zero-order chi connectivity index (χ0) is 18.9. The summed E-state index contributed by atoms with van der Waals surface area (Å²) in [4.78, 5) is 21.5. The SMILES string of the molecule is O=C(Nc1nc2c(s1)CN(S(=O)(=O)c1cccnc1)CC2)NC1CCCC1. The Kier molecular flexibility index (Phi) is 5.11. The first-order chi connectivity index (χ1) is 13.0. The highest BCUT2D eigenvalue weighted by Crippen LogP contribution is 2.31. The van der Waals surface area contributed by atoms with Crippen LogP contribution >= 0.6 is 11.3 Å². The molecule has 2 aliphatic rings. The van der Waals surface area contributed by atoms with Gasteiger partial charge in [-0.05, 0) is 25.0 Å². The largest absolute Gasteiger partial charge is 0.335 e. The zero-order valence-electron chi connectivity index (χ0n) is 14.7. The third kappa shape index (κ3) is 3.97. The summed E-state index contributed by atoms with van der Waals surface area (Å²) in [5.41, 5.74) is 0.855. The fourth-order valence-electron chi connectivity index (χ4n) is 3.47. The molecule has 0 unspecified atom stereocenters. The van der Waals surface area contributed by atoms with Crippen LogP contribution in [-0.4, -0.2) is 41.3 Å². The van der Waals surface area contributed by atoms with Gasteiger partial charge >= 0.3 is 6.03 Å². The van der Waals surface area contributed by atoms with E-state index < -0.39 is 10.0 Å². The summed E-state index contributed by atoms with van der Waals surface area (Å²) in [5, 5.41) is 6.27. The fourth-order valence-corrected chi connectivity index (χ4v) is 5.94. The van der Waals surface area contributed by atoms with E-state index in [1.807, 2.05) is 0 Å². The van der Waals surface area contributed by atoms with Crippen molar-refractivity contribution in [3.05, 3.63) is 35.1 Å². The topological polar surface area (TPSA) is 104 Å². The lowest BCUT2D eigenvalue weighted by atomic mass is 10.2. The second kappa shape index (κ2) is 7.53. The molecule has 0 atom stereocenters. The van der Waals surface area contributed by atoms with Crippen LogP contribution in [-0.2, 0) is 23.0 Å². The number of urea groups is 1. The second-order valence-electron chi connectivity index (χ2n) is 6.75. The van der Waals surface area contributed by atoms with Crippen molar-refractivity contribution in [1.29, 1.82) is 0 Å². The molecule has 10 heteroatoms. The smallest absolute Gasteiger partial charge is 0.321 e. The van der Waals surface area contributed by atoms with Gasteiger partial charge < -0.3 is 5.32 Å². The monoisotopic (exact) mass is 407 g/mol. The quantitative estimate of drug-likeness (QED) is 0.810. The molecule has 8 nitrogen and oxygen atoms in total. The van der Waals surface area contributed by atoms with Crippen LogP contribution in [0.2, 0.25) is 0 Å². The molecule has 2 amide bonds. The number of pyridine rings is 1. The Balaban J connectivity index is 1.44. The van der Waals surface area contributed by atoms with Crippen molar-refractivity contribution in [1.82, 2.24) is 19.6 Å². The zero-order valence-corrected chi connectivity index (χ0v) is 16.4. The molecule has 3 heterocycles. The van der Waals surface area contributed by atoms with E-state index in [-0.39, 0.29) is 23.5 Å². The number of anilines is 1. The highest BCUT2D eigenvalue weighted by Gasteiger charge is 2.30. The molecular formula is C17H21N5O3S2. The van der Waals surface area contributed by atoms with Gasteiger partial charge in [-0.1, -0.05) is 24.2 Å². The maximum atomic E-state index is 12.8. The first-order valence-corrected chi connectivity index (χ1v) is 11.2. The molecule has 1 saturated carbocycles. The van der Waals surface area contributed by atoms with E-state index in [0.717, 1.165) is 36.3 Å². The van der Waals surface area contributed by atoms with Gasteiger partial charge in [0.25, 0.3) is 0 Å². The molecular weight excluding hydrogens is 386 g/mol. The Morgan fingerprint density at radius 3 is 2.85 bits per heavy atom. The number of nitrogens with one attached hydrogen (secondary N) is 2. The number of nitrogens with zero attached hydrogens (tertiary/aromatic N) is 3. The number of fused-ring (bicyclic) bond motifs is 1. The molecule has 1 aliphatic heterocycles. The van der Waals surface area contributed by atoms with Crippen LogP contribution < -0.4 is 10.6 Å². The summed E-state index contributed by atoms with van der Waals surface area (Å²) in [6.07, 6.45) is 7.77. The molecule has 2 aromatic heterocycles. The summed E-state index contributed by atoms with van der Waals surface area (Å²) >= 11 is 1.33. The van der Waals surface area contributed by atoms with Gasteiger partial charge in [0.2, 0.25) is 10.0 Å². The first kappa shape index (κ1) is 18.3. The summed E-state index contributed by atoms with van der Waals surface area (Å²) in [6, 6.07) is 3.15. The molecule has 0 spiro atoms. The van der Waals surface area contributed by atoms with Crippen molar-refractivity contribution in [3.8, 4) is 0 Å². The fraction of sp³-hybridized carbons (Fsp3) is 0.471. The molecule has 1 aliphatic carbocycles. The Bertz CT molecular complexity index is 923. The van der Waals surface area contributed by atoms with Crippen LogP contribution in [0, 0.1) is 0 Å². The number of sulfonamides is 1. The molecule has 0 aromatic carbocycles. The summed E-state index contributed by atoms with van der Waals surface area (Å²) < 4.78 is 27.0. The van der Waals surface area contributed by atoms with Crippen LogP contribution in [0.3, 0.4) is 0 Å². The van der Waals surface area contributed by atoms with Crippen molar-refractivity contribution < 1.29 is 13.2 Å². The number of aromatic nitrogens is 2. The molecule has 27 heavy (non-hydrogen) atoms. The van der Waals surface area contributed by atoms with E-state index in [0.29, 0.717) is 18.1 Å². The van der Waals surface area contributed by atoms with E-state index in [4.69, 9.17) is 0 Å². The summed E-state index contributed by atoms with van der Waals surface area (Å²) in [7, 11) is -3.58. The highest BCUT2D eigenvalue weighted by molar-refractivity contribution is 7.89. The minimum atomic E-state index is -3.58. The molecule has 144 valence electrons. The minimum absolute atomic E-state index is 0.187. The van der Waals surface area contributed by atoms with Crippen molar-refractivity contribution in [2.45, 2.75) is 49.6 Å². The second-order valence-corrected chi connectivity index (χ2v) is 9.77. The van der Waals surface area contributed by atoms with Crippen molar-refractivity contribution >= 4 is 32.5 Å². The van der Waals surface area contributed by atoms with Gasteiger partial charge in [-0.2, -0.15) is 4.31 Å². The van der Waals surface area contributed by atoms with Crippen LogP contribution in [0.1, 0.15) is 36.3 Å². The number of carbonyl (C=O) groups is 1. The molecule has 1 fully saturated rings. The van der Waals surface area contributed by atoms with Gasteiger partial charge in [0.05, 0.1) is 12.2 Å². The maximum absolute atomic E-state index is 12.8. The van der Waals surface area contributed by atoms with E-state index in [1.54, 1.807) is 18.3 Å².